The Morgan fingerprint density at radius 1 is 1.06 bits per heavy atom. The van der Waals surface area contributed by atoms with Crippen molar-refractivity contribution in [3.63, 3.8) is 0 Å². The second-order valence-corrected chi connectivity index (χ2v) is 10.7. The van der Waals surface area contributed by atoms with Crippen molar-refractivity contribution >= 4 is 75.5 Å². The Labute approximate surface area is 209 Å². The van der Waals surface area contributed by atoms with Crippen molar-refractivity contribution in [2.24, 2.45) is 5.92 Å². The van der Waals surface area contributed by atoms with Crippen LogP contribution in [0.1, 0.15) is 40.2 Å². The summed E-state index contributed by atoms with van der Waals surface area (Å²) in [6.45, 7) is 1.79. The summed E-state index contributed by atoms with van der Waals surface area (Å²) in [6, 6.07) is 10.0. The molecular weight excluding hydrogens is 516 g/mol. The van der Waals surface area contributed by atoms with E-state index < -0.39 is 33.5 Å². The molecule has 2 aromatic rings. The predicted molar refractivity (Wildman–Crippen MR) is 127 cm³/mol. The van der Waals surface area contributed by atoms with Crippen molar-refractivity contribution in [2.45, 2.75) is 35.6 Å². The van der Waals surface area contributed by atoms with E-state index in [-0.39, 0.29) is 10.6 Å². The van der Waals surface area contributed by atoms with E-state index in [0.29, 0.717) is 34.1 Å². The zero-order chi connectivity index (χ0) is 23.4. The quantitative estimate of drug-likeness (QED) is 0.447. The highest BCUT2D eigenvalue weighted by Gasteiger charge is 2.67. The first-order valence-electron chi connectivity index (χ1n) is 9.66. The van der Waals surface area contributed by atoms with E-state index in [4.69, 9.17) is 58.0 Å². The number of nitrogens with zero attached hydrogens (tertiary/aromatic N) is 1. The zero-order valence-corrected chi connectivity index (χ0v) is 20.4. The molecule has 2 aliphatic rings. The van der Waals surface area contributed by atoms with Crippen LogP contribution >= 0.6 is 58.0 Å². The molecule has 0 unspecified atom stereocenters. The second kappa shape index (κ2) is 8.27. The summed E-state index contributed by atoms with van der Waals surface area (Å²) in [6.07, 6.45) is 1.18. The third-order valence-electron chi connectivity index (χ3n) is 5.79. The molecule has 0 spiro atoms. The van der Waals surface area contributed by atoms with Crippen LogP contribution in [-0.4, -0.2) is 21.7 Å². The van der Waals surface area contributed by atoms with Gasteiger partial charge in [0.05, 0.1) is 22.6 Å². The first-order valence-corrected chi connectivity index (χ1v) is 11.6. The lowest BCUT2D eigenvalue weighted by Crippen LogP contribution is -2.35. The molecule has 2 fully saturated rings. The van der Waals surface area contributed by atoms with Gasteiger partial charge >= 0.3 is 0 Å². The standard InChI is InChI=1S/C22H16Cl5N3O2/c1-10-15(24)6-11(7-16(10)25)17-18(22(17,26)27)20(32)29-12-2-3-14(23)13(8-12)19(31)30-21(9-28)4-5-21/h2-3,6-8,17-18H,4-5H2,1H3,(H,29,32)(H,30,31)/t17-,18+/m0/s1. The first-order chi connectivity index (χ1) is 15.0. The minimum Gasteiger partial charge on any atom is -0.334 e. The van der Waals surface area contributed by atoms with Gasteiger partial charge in [0.1, 0.15) is 9.87 Å². The van der Waals surface area contributed by atoms with Crippen molar-refractivity contribution < 1.29 is 9.59 Å². The summed E-state index contributed by atoms with van der Waals surface area (Å²) in [5.41, 5.74) is 1.05. The number of hydrogen-bond donors (Lipinski definition) is 2. The lowest BCUT2D eigenvalue weighted by Gasteiger charge is -2.12. The number of halogens is 5. The van der Waals surface area contributed by atoms with Gasteiger partial charge in [0.2, 0.25) is 5.91 Å². The van der Waals surface area contributed by atoms with Crippen molar-refractivity contribution in [2.75, 3.05) is 5.32 Å². The van der Waals surface area contributed by atoms with Gasteiger partial charge in [0.25, 0.3) is 5.91 Å². The fourth-order valence-corrected chi connectivity index (χ4v) is 5.12. The SMILES string of the molecule is Cc1c(Cl)cc([C@H]2[C@H](C(=O)Nc3ccc(Cl)c(C(=O)NC4(C#N)CC4)c3)C2(Cl)Cl)cc1Cl. The molecule has 2 amide bonds. The van der Waals surface area contributed by atoms with E-state index in [9.17, 15) is 14.9 Å². The number of benzene rings is 2. The van der Waals surface area contributed by atoms with Gasteiger partial charge in [-0.15, -0.1) is 23.2 Å². The number of nitrogens with one attached hydrogen (secondary N) is 2. The van der Waals surface area contributed by atoms with Crippen LogP contribution in [0.2, 0.25) is 15.1 Å². The Morgan fingerprint density at radius 2 is 1.69 bits per heavy atom. The summed E-state index contributed by atoms with van der Waals surface area (Å²) >= 11 is 31.4. The fourth-order valence-electron chi connectivity index (χ4n) is 3.58. The number of hydrogen-bond acceptors (Lipinski definition) is 3. The lowest BCUT2D eigenvalue weighted by atomic mass is 10.1. The zero-order valence-electron chi connectivity index (χ0n) is 16.6. The van der Waals surface area contributed by atoms with Crippen LogP contribution < -0.4 is 10.6 Å². The van der Waals surface area contributed by atoms with Gasteiger partial charge < -0.3 is 10.6 Å². The summed E-state index contributed by atoms with van der Waals surface area (Å²) in [5, 5.41) is 15.7. The molecule has 2 atom stereocenters. The highest BCUT2D eigenvalue weighted by molar-refractivity contribution is 6.53. The minimum atomic E-state index is -1.33. The third-order valence-corrected chi connectivity index (χ3v) is 7.85. The number of carbonyl (C=O) groups excluding carboxylic acids is 2. The van der Waals surface area contributed by atoms with Crippen molar-refractivity contribution in [1.29, 1.82) is 5.26 Å². The van der Waals surface area contributed by atoms with Crippen LogP contribution in [0.3, 0.4) is 0 Å². The minimum absolute atomic E-state index is 0.151. The van der Waals surface area contributed by atoms with Crippen LogP contribution in [0.25, 0.3) is 0 Å². The molecule has 4 rings (SSSR count). The molecule has 0 heterocycles. The van der Waals surface area contributed by atoms with E-state index in [1.165, 1.54) is 12.1 Å². The third kappa shape index (κ3) is 4.27. The number of carbonyl (C=O) groups is 2. The van der Waals surface area contributed by atoms with Gasteiger partial charge in [0, 0.05) is 21.7 Å². The van der Waals surface area contributed by atoms with Crippen LogP contribution in [-0.2, 0) is 4.79 Å². The van der Waals surface area contributed by atoms with E-state index in [1.807, 2.05) is 0 Å². The fraction of sp³-hybridized carbons (Fsp3) is 0.318. The van der Waals surface area contributed by atoms with Gasteiger partial charge in [-0.3, -0.25) is 9.59 Å². The summed E-state index contributed by atoms with van der Waals surface area (Å²) in [4.78, 5) is 25.5. The van der Waals surface area contributed by atoms with Gasteiger partial charge in [-0.2, -0.15) is 5.26 Å². The van der Waals surface area contributed by atoms with Gasteiger partial charge in [0.15, 0.2) is 0 Å². The molecule has 2 saturated carbocycles. The molecule has 32 heavy (non-hydrogen) atoms. The molecule has 166 valence electrons. The maximum Gasteiger partial charge on any atom is 0.254 e. The molecule has 2 aliphatic carbocycles. The average molecular weight is 532 g/mol. The van der Waals surface area contributed by atoms with Crippen LogP contribution in [0, 0.1) is 24.2 Å². The molecule has 2 N–H and O–H groups in total. The molecule has 10 heteroatoms. The van der Waals surface area contributed by atoms with Crippen molar-refractivity contribution in [3.8, 4) is 6.07 Å². The number of amides is 2. The molecule has 0 radical (unpaired) electrons. The Balaban J connectivity index is 1.52. The largest absolute Gasteiger partial charge is 0.334 e. The maximum atomic E-state index is 12.9. The van der Waals surface area contributed by atoms with Gasteiger partial charge in [-0.1, -0.05) is 34.8 Å². The first kappa shape index (κ1) is 23.5. The Morgan fingerprint density at radius 3 is 2.25 bits per heavy atom. The summed E-state index contributed by atoms with van der Waals surface area (Å²) in [5.74, 6) is -2.15. The van der Waals surface area contributed by atoms with E-state index >= 15 is 0 Å². The Kier molecular flexibility index (Phi) is 6.07. The smallest absolute Gasteiger partial charge is 0.254 e. The number of nitriles is 1. The molecule has 0 aromatic heterocycles. The maximum absolute atomic E-state index is 12.9. The lowest BCUT2D eigenvalue weighted by molar-refractivity contribution is -0.117. The molecule has 2 aromatic carbocycles. The number of alkyl halides is 2. The van der Waals surface area contributed by atoms with Gasteiger partial charge in [-0.25, -0.2) is 0 Å². The van der Waals surface area contributed by atoms with Crippen LogP contribution in [0.4, 0.5) is 5.69 Å². The van der Waals surface area contributed by atoms with Crippen LogP contribution in [0.15, 0.2) is 30.3 Å². The summed E-state index contributed by atoms with van der Waals surface area (Å²) < 4.78 is -1.33. The normalized spacial score (nSPS) is 21.9. The Bertz CT molecular complexity index is 1160. The average Bonchev–Trinajstić information content (AvgIpc) is 3.62. The molecule has 5 nitrogen and oxygen atoms in total. The molecule has 0 bridgehead atoms. The van der Waals surface area contributed by atoms with E-state index in [0.717, 1.165) is 5.56 Å². The topological polar surface area (TPSA) is 82.0 Å². The molecular formula is C22H16Cl5N3O2. The molecule has 0 aliphatic heterocycles. The van der Waals surface area contributed by atoms with E-state index in [2.05, 4.69) is 16.7 Å². The summed E-state index contributed by atoms with van der Waals surface area (Å²) in [7, 11) is 0. The van der Waals surface area contributed by atoms with Crippen molar-refractivity contribution in [3.05, 3.63) is 62.1 Å². The van der Waals surface area contributed by atoms with Gasteiger partial charge in [-0.05, 0) is 61.2 Å². The van der Waals surface area contributed by atoms with E-state index in [1.54, 1.807) is 25.1 Å². The predicted octanol–water partition coefficient (Wildman–Crippen LogP) is 6.27. The number of anilines is 1. The highest BCUT2D eigenvalue weighted by atomic mass is 35.5. The monoisotopic (exact) mass is 529 g/mol. The number of rotatable bonds is 5. The second-order valence-electron chi connectivity index (χ2n) is 8.07. The highest BCUT2D eigenvalue weighted by Crippen LogP contribution is 2.65. The molecule has 0 saturated heterocycles. The van der Waals surface area contributed by atoms with Crippen molar-refractivity contribution in [1.82, 2.24) is 5.32 Å². The van der Waals surface area contributed by atoms with Crippen LogP contribution in [0.5, 0.6) is 0 Å². The Hall–Kier alpha value is -1.68.